The Hall–Kier alpha value is -4.46. The van der Waals surface area contributed by atoms with Gasteiger partial charge in [0.1, 0.15) is 17.8 Å². The lowest BCUT2D eigenvalue weighted by Crippen LogP contribution is -2.58. The first-order valence-electron chi connectivity index (χ1n) is 12.4. The van der Waals surface area contributed by atoms with Gasteiger partial charge in [-0.05, 0) is 41.0 Å². The lowest BCUT2D eigenvalue weighted by atomic mass is 9.65. The van der Waals surface area contributed by atoms with Gasteiger partial charge in [-0.15, -0.1) is 0 Å². The molecule has 0 aliphatic carbocycles. The molecule has 2 saturated heterocycles. The summed E-state index contributed by atoms with van der Waals surface area (Å²) in [6.45, 7) is 3.04. The third-order valence-corrected chi connectivity index (χ3v) is 7.56. The number of nitrogens with zero attached hydrogens (tertiary/aromatic N) is 2. The minimum absolute atomic E-state index is 0.287. The number of Topliss-reactive ketones (excluding diaryl/α,β-unsaturated/α-hetero) is 1. The zero-order chi connectivity index (χ0) is 26.7. The third-order valence-electron chi connectivity index (χ3n) is 7.56. The molecule has 0 saturated carbocycles. The smallest absolute Gasteiger partial charge is 0.330 e. The predicted octanol–water partition coefficient (Wildman–Crippen LogP) is 4.26. The highest BCUT2D eigenvalue weighted by molar-refractivity contribution is 6.09. The van der Waals surface area contributed by atoms with E-state index < -0.39 is 41.1 Å². The Labute approximate surface area is 219 Å². The Morgan fingerprint density at radius 3 is 2.18 bits per heavy atom. The number of benzene rings is 3. The van der Waals surface area contributed by atoms with Crippen LogP contribution in [-0.2, 0) is 19.1 Å². The molecule has 0 radical (unpaired) electrons. The number of fused-ring (bicyclic) bond motifs is 4. The molecular formula is C30H26N2O6. The van der Waals surface area contributed by atoms with Crippen LogP contribution < -0.4 is 4.74 Å². The van der Waals surface area contributed by atoms with Crippen molar-refractivity contribution >= 4 is 23.9 Å². The van der Waals surface area contributed by atoms with Crippen LogP contribution in [0.5, 0.6) is 5.75 Å². The van der Waals surface area contributed by atoms with E-state index in [1.54, 1.807) is 42.6 Å². The quantitative estimate of drug-likeness (QED) is 0.294. The first-order chi connectivity index (χ1) is 18.3. The lowest BCUT2D eigenvalue weighted by molar-refractivity contribution is -0.254. The molecule has 3 aliphatic heterocycles. The zero-order valence-corrected chi connectivity index (χ0v) is 21.2. The highest BCUT2D eigenvalue weighted by Crippen LogP contribution is 2.62. The van der Waals surface area contributed by atoms with Crippen molar-refractivity contribution in [2.45, 2.75) is 37.6 Å². The van der Waals surface area contributed by atoms with Crippen molar-refractivity contribution in [1.82, 2.24) is 5.01 Å². The molecule has 0 N–H and O–H groups in total. The lowest BCUT2D eigenvalue weighted by Gasteiger charge is -2.44. The number of hydrazone groups is 1. The number of carbonyl (C=O) groups is 3. The van der Waals surface area contributed by atoms with Crippen molar-refractivity contribution in [1.29, 1.82) is 0 Å². The molecule has 3 atom stereocenters. The average molecular weight is 511 g/mol. The van der Waals surface area contributed by atoms with Gasteiger partial charge in [0.2, 0.25) is 5.41 Å². The molecule has 192 valence electrons. The summed E-state index contributed by atoms with van der Waals surface area (Å²) < 4.78 is 16.8. The Balaban J connectivity index is 1.62. The average Bonchev–Trinajstić information content (AvgIpc) is 3.24. The summed E-state index contributed by atoms with van der Waals surface area (Å²) in [7, 11) is 1.55. The topological polar surface area (TPSA) is 94.5 Å². The normalized spacial score (nSPS) is 24.3. The molecular weight excluding hydrogens is 484 g/mol. The van der Waals surface area contributed by atoms with E-state index in [9.17, 15) is 14.4 Å². The molecule has 2 fully saturated rings. The van der Waals surface area contributed by atoms with Crippen molar-refractivity contribution in [3.63, 3.8) is 0 Å². The minimum atomic E-state index is -1.88. The van der Waals surface area contributed by atoms with Crippen LogP contribution >= 0.6 is 0 Å². The van der Waals surface area contributed by atoms with Crippen LogP contribution in [0.15, 0.2) is 84.0 Å². The molecule has 3 aliphatic rings. The fourth-order valence-corrected chi connectivity index (χ4v) is 5.97. The van der Waals surface area contributed by atoms with E-state index in [1.165, 1.54) is 13.8 Å². The number of esters is 2. The van der Waals surface area contributed by atoms with Crippen molar-refractivity contribution in [3.8, 4) is 5.75 Å². The van der Waals surface area contributed by atoms with E-state index in [0.29, 0.717) is 22.4 Å². The van der Waals surface area contributed by atoms with Gasteiger partial charge in [-0.1, -0.05) is 54.6 Å². The fraction of sp³-hybridized carbons (Fsp3) is 0.267. The van der Waals surface area contributed by atoms with Crippen LogP contribution in [0.3, 0.4) is 0 Å². The van der Waals surface area contributed by atoms with E-state index in [2.05, 4.69) is 5.10 Å². The highest BCUT2D eigenvalue weighted by atomic mass is 16.7. The number of methoxy groups -OCH3 is 1. The second-order valence-electron chi connectivity index (χ2n) is 10.1. The molecule has 0 amide bonds. The molecule has 38 heavy (non-hydrogen) atoms. The summed E-state index contributed by atoms with van der Waals surface area (Å²) in [5.74, 6) is -3.54. The van der Waals surface area contributed by atoms with Crippen molar-refractivity contribution in [2.24, 2.45) is 10.5 Å². The Kier molecular flexibility index (Phi) is 5.38. The molecule has 1 spiro atoms. The number of carbonyl (C=O) groups excluding carboxylic acids is 3. The summed E-state index contributed by atoms with van der Waals surface area (Å²) in [5.41, 5.74) is 0.608. The summed E-state index contributed by atoms with van der Waals surface area (Å²) >= 11 is 0. The zero-order valence-electron chi connectivity index (χ0n) is 21.2. The van der Waals surface area contributed by atoms with Crippen LogP contribution in [-0.4, -0.2) is 47.9 Å². The van der Waals surface area contributed by atoms with Crippen LogP contribution in [0.1, 0.15) is 52.9 Å². The van der Waals surface area contributed by atoms with Gasteiger partial charge in [0, 0.05) is 25.3 Å². The molecule has 0 bridgehead atoms. The minimum Gasteiger partial charge on any atom is -0.497 e. The highest BCUT2D eigenvalue weighted by Gasteiger charge is 2.75. The van der Waals surface area contributed by atoms with E-state index in [1.807, 2.05) is 54.6 Å². The Bertz CT molecular complexity index is 1440. The van der Waals surface area contributed by atoms with Gasteiger partial charge in [0.05, 0.1) is 13.3 Å². The van der Waals surface area contributed by atoms with Gasteiger partial charge >= 0.3 is 11.9 Å². The summed E-state index contributed by atoms with van der Waals surface area (Å²) in [4.78, 5) is 42.6. The van der Waals surface area contributed by atoms with E-state index in [4.69, 9.17) is 14.2 Å². The van der Waals surface area contributed by atoms with Gasteiger partial charge in [-0.2, -0.15) is 5.10 Å². The molecule has 3 aromatic carbocycles. The Morgan fingerprint density at radius 2 is 1.53 bits per heavy atom. The number of ether oxygens (including phenoxy) is 3. The van der Waals surface area contributed by atoms with Crippen molar-refractivity contribution < 1.29 is 28.6 Å². The maximum absolute atomic E-state index is 14.3. The summed E-state index contributed by atoms with van der Waals surface area (Å²) in [5, 5.41) is 6.26. The number of cyclic esters (lactones) is 2. The number of ketones is 1. The largest absolute Gasteiger partial charge is 0.497 e. The number of hydrogen-bond donors (Lipinski definition) is 0. The van der Waals surface area contributed by atoms with Gasteiger partial charge in [0.25, 0.3) is 5.79 Å². The standard InChI is InChI=1S/C30H26N2O6/c1-29(2)37-27(34)30(28(35)38-29)23(18-9-5-4-6-10-18)24(25(33)19-13-15-21(36-3)16-14-19)32-26(30)22-12-8-7-11-20(22)17-31-32/h4-17,23-24,26H,1-3H3/t23-,24+,26-/m0/s1. The molecule has 6 rings (SSSR count). The first kappa shape index (κ1) is 23.9. The van der Waals surface area contributed by atoms with Crippen LogP contribution in [0, 0.1) is 5.41 Å². The van der Waals surface area contributed by atoms with Crippen molar-refractivity contribution in [3.05, 3.63) is 101 Å². The van der Waals surface area contributed by atoms with Crippen LogP contribution in [0.25, 0.3) is 0 Å². The molecule has 8 heteroatoms. The molecule has 3 aromatic rings. The van der Waals surface area contributed by atoms with E-state index in [0.717, 1.165) is 5.56 Å². The SMILES string of the molecule is COc1ccc(C(=O)[C@H]2[C@H](c3ccccc3)C3(C(=O)OC(C)(C)OC3=O)[C@@H]3c4ccccc4C=NN32)cc1. The molecule has 3 heterocycles. The Morgan fingerprint density at radius 1 is 0.895 bits per heavy atom. The van der Waals surface area contributed by atoms with Crippen LogP contribution in [0.2, 0.25) is 0 Å². The fourth-order valence-electron chi connectivity index (χ4n) is 5.97. The van der Waals surface area contributed by atoms with Gasteiger partial charge < -0.3 is 14.2 Å². The van der Waals surface area contributed by atoms with E-state index >= 15 is 0 Å². The summed E-state index contributed by atoms with van der Waals surface area (Å²) in [6, 6.07) is 21.3. The van der Waals surface area contributed by atoms with Crippen molar-refractivity contribution in [2.75, 3.05) is 7.11 Å². The molecule has 8 nitrogen and oxygen atoms in total. The summed E-state index contributed by atoms with van der Waals surface area (Å²) in [6.07, 6.45) is 1.66. The van der Waals surface area contributed by atoms with Gasteiger partial charge in [-0.25, -0.2) is 0 Å². The molecule has 0 unspecified atom stereocenters. The first-order valence-corrected chi connectivity index (χ1v) is 12.4. The monoisotopic (exact) mass is 510 g/mol. The second kappa shape index (κ2) is 8.55. The van der Waals surface area contributed by atoms with Crippen LogP contribution in [0.4, 0.5) is 0 Å². The number of rotatable bonds is 4. The second-order valence-corrected chi connectivity index (χ2v) is 10.1. The maximum Gasteiger partial charge on any atom is 0.330 e. The van der Waals surface area contributed by atoms with Gasteiger partial charge in [-0.3, -0.25) is 19.4 Å². The molecule has 0 aromatic heterocycles. The third kappa shape index (κ3) is 3.36. The maximum atomic E-state index is 14.3. The number of hydrogen-bond acceptors (Lipinski definition) is 8. The predicted molar refractivity (Wildman–Crippen MR) is 138 cm³/mol. The van der Waals surface area contributed by atoms with Gasteiger partial charge in [0.15, 0.2) is 5.78 Å². The van der Waals surface area contributed by atoms with E-state index in [-0.39, 0.29) is 5.78 Å².